The first kappa shape index (κ1) is 12.2. The number of nitrogen functional groups attached to an aromatic ring is 1. The number of hydrogen-bond acceptors (Lipinski definition) is 4. The third-order valence-corrected chi connectivity index (χ3v) is 2.85. The van der Waals surface area contributed by atoms with Crippen LogP contribution in [0.5, 0.6) is 0 Å². The fraction of sp³-hybridized carbons (Fsp3) is 0.600. The SMILES string of the molecule is CCCN(CCC)c1ncnc(N)c1Br. The summed E-state index contributed by atoms with van der Waals surface area (Å²) in [5.74, 6) is 1.39. The van der Waals surface area contributed by atoms with Crippen molar-refractivity contribution in [3.8, 4) is 0 Å². The molecule has 0 aliphatic heterocycles. The molecule has 2 N–H and O–H groups in total. The quantitative estimate of drug-likeness (QED) is 0.895. The van der Waals surface area contributed by atoms with Crippen molar-refractivity contribution in [2.45, 2.75) is 26.7 Å². The van der Waals surface area contributed by atoms with Gasteiger partial charge in [-0.15, -0.1) is 0 Å². The van der Waals surface area contributed by atoms with Crippen molar-refractivity contribution < 1.29 is 0 Å². The van der Waals surface area contributed by atoms with Crippen molar-refractivity contribution in [3.63, 3.8) is 0 Å². The van der Waals surface area contributed by atoms with Crippen LogP contribution in [-0.4, -0.2) is 23.1 Å². The molecule has 0 radical (unpaired) electrons. The van der Waals surface area contributed by atoms with Gasteiger partial charge in [-0.3, -0.25) is 0 Å². The largest absolute Gasteiger partial charge is 0.383 e. The minimum atomic E-state index is 0.497. The lowest BCUT2D eigenvalue weighted by atomic mass is 10.3. The maximum Gasteiger partial charge on any atom is 0.148 e. The van der Waals surface area contributed by atoms with E-state index in [0.717, 1.165) is 36.2 Å². The van der Waals surface area contributed by atoms with E-state index in [2.05, 4.69) is 44.6 Å². The first-order valence-corrected chi connectivity index (χ1v) is 6.00. The molecule has 0 bridgehead atoms. The highest BCUT2D eigenvalue weighted by Gasteiger charge is 2.12. The summed E-state index contributed by atoms with van der Waals surface area (Å²) in [6, 6.07) is 0. The summed E-state index contributed by atoms with van der Waals surface area (Å²) < 4.78 is 0.798. The summed E-state index contributed by atoms with van der Waals surface area (Å²) in [7, 11) is 0. The van der Waals surface area contributed by atoms with Gasteiger partial charge in [0.05, 0.1) is 0 Å². The van der Waals surface area contributed by atoms with Crippen LogP contribution in [0.1, 0.15) is 26.7 Å². The fourth-order valence-corrected chi connectivity index (χ4v) is 1.91. The first-order chi connectivity index (χ1) is 7.20. The summed E-state index contributed by atoms with van der Waals surface area (Å²) in [6.45, 7) is 6.29. The maximum absolute atomic E-state index is 5.73. The molecule has 0 saturated heterocycles. The Kier molecular flexibility index (Phi) is 4.81. The lowest BCUT2D eigenvalue weighted by Gasteiger charge is -2.23. The Morgan fingerprint density at radius 2 is 1.87 bits per heavy atom. The van der Waals surface area contributed by atoms with Gasteiger partial charge in [-0.25, -0.2) is 9.97 Å². The number of halogens is 1. The molecule has 1 rings (SSSR count). The second-order valence-corrected chi connectivity index (χ2v) is 4.18. The van der Waals surface area contributed by atoms with E-state index in [9.17, 15) is 0 Å². The van der Waals surface area contributed by atoms with E-state index < -0.39 is 0 Å². The van der Waals surface area contributed by atoms with E-state index in [0.29, 0.717) is 5.82 Å². The van der Waals surface area contributed by atoms with Gasteiger partial charge in [-0.2, -0.15) is 0 Å². The van der Waals surface area contributed by atoms with Crippen molar-refractivity contribution in [1.29, 1.82) is 0 Å². The molecule has 5 heteroatoms. The second-order valence-electron chi connectivity index (χ2n) is 3.38. The van der Waals surface area contributed by atoms with Crippen LogP contribution in [0.4, 0.5) is 11.6 Å². The van der Waals surface area contributed by atoms with Crippen LogP contribution in [0.25, 0.3) is 0 Å². The van der Waals surface area contributed by atoms with Crippen LogP contribution in [0.3, 0.4) is 0 Å². The normalized spacial score (nSPS) is 10.3. The van der Waals surface area contributed by atoms with Gasteiger partial charge in [0.15, 0.2) is 0 Å². The van der Waals surface area contributed by atoms with E-state index in [1.807, 2.05) is 0 Å². The summed E-state index contributed by atoms with van der Waals surface area (Å²) >= 11 is 3.43. The van der Waals surface area contributed by atoms with Crippen molar-refractivity contribution in [1.82, 2.24) is 9.97 Å². The van der Waals surface area contributed by atoms with Crippen molar-refractivity contribution in [3.05, 3.63) is 10.8 Å². The molecule has 84 valence electrons. The summed E-state index contributed by atoms with van der Waals surface area (Å²) in [5, 5.41) is 0. The molecule has 0 amide bonds. The smallest absolute Gasteiger partial charge is 0.148 e. The summed E-state index contributed by atoms with van der Waals surface area (Å²) in [4.78, 5) is 10.4. The van der Waals surface area contributed by atoms with Gasteiger partial charge in [0.2, 0.25) is 0 Å². The van der Waals surface area contributed by atoms with Gasteiger partial charge >= 0.3 is 0 Å². The van der Waals surface area contributed by atoms with Crippen LogP contribution < -0.4 is 10.6 Å². The molecule has 0 unspecified atom stereocenters. The van der Waals surface area contributed by atoms with E-state index in [-0.39, 0.29) is 0 Å². The Morgan fingerprint density at radius 1 is 1.27 bits per heavy atom. The van der Waals surface area contributed by atoms with E-state index in [4.69, 9.17) is 5.73 Å². The predicted octanol–water partition coefficient (Wildman–Crippen LogP) is 2.45. The van der Waals surface area contributed by atoms with Gasteiger partial charge in [0.25, 0.3) is 0 Å². The molecule has 0 fully saturated rings. The molecule has 4 nitrogen and oxygen atoms in total. The Hall–Kier alpha value is -0.840. The zero-order valence-electron chi connectivity index (χ0n) is 9.20. The molecule has 0 saturated carbocycles. The third kappa shape index (κ3) is 3.06. The van der Waals surface area contributed by atoms with E-state index >= 15 is 0 Å². The number of rotatable bonds is 5. The zero-order chi connectivity index (χ0) is 11.3. The molecule has 15 heavy (non-hydrogen) atoms. The Bertz CT molecular complexity index is 310. The molecule has 0 aromatic carbocycles. The average molecular weight is 273 g/mol. The molecule has 0 aliphatic rings. The summed E-state index contributed by atoms with van der Waals surface area (Å²) in [5.41, 5.74) is 5.73. The molecule has 0 aliphatic carbocycles. The van der Waals surface area contributed by atoms with Gasteiger partial charge in [0, 0.05) is 13.1 Å². The van der Waals surface area contributed by atoms with Crippen LogP contribution in [0, 0.1) is 0 Å². The third-order valence-electron chi connectivity index (χ3n) is 2.08. The first-order valence-electron chi connectivity index (χ1n) is 5.21. The molecule has 1 heterocycles. The van der Waals surface area contributed by atoms with Crippen LogP contribution >= 0.6 is 15.9 Å². The average Bonchev–Trinajstić information content (AvgIpc) is 2.22. The molecule has 0 spiro atoms. The van der Waals surface area contributed by atoms with Crippen LogP contribution in [0.2, 0.25) is 0 Å². The minimum absolute atomic E-state index is 0.497. The van der Waals surface area contributed by atoms with Crippen LogP contribution in [0.15, 0.2) is 10.8 Å². The molecular weight excluding hydrogens is 256 g/mol. The maximum atomic E-state index is 5.73. The summed E-state index contributed by atoms with van der Waals surface area (Å²) in [6.07, 6.45) is 3.69. The van der Waals surface area contributed by atoms with Crippen LogP contribution in [-0.2, 0) is 0 Å². The predicted molar refractivity (Wildman–Crippen MR) is 66.9 cm³/mol. The zero-order valence-corrected chi connectivity index (χ0v) is 10.8. The lowest BCUT2D eigenvalue weighted by molar-refractivity contribution is 0.731. The number of anilines is 2. The Labute approximate surface area is 99.0 Å². The van der Waals surface area contributed by atoms with Gasteiger partial charge in [-0.05, 0) is 28.8 Å². The number of hydrogen-bond donors (Lipinski definition) is 1. The van der Waals surface area contributed by atoms with Crippen molar-refractivity contribution in [2.24, 2.45) is 0 Å². The lowest BCUT2D eigenvalue weighted by Crippen LogP contribution is -2.26. The Balaban J connectivity index is 2.94. The van der Waals surface area contributed by atoms with E-state index in [1.165, 1.54) is 6.33 Å². The monoisotopic (exact) mass is 272 g/mol. The van der Waals surface area contributed by atoms with Gasteiger partial charge in [-0.1, -0.05) is 13.8 Å². The van der Waals surface area contributed by atoms with Crippen molar-refractivity contribution >= 4 is 27.6 Å². The second kappa shape index (κ2) is 5.90. The fourth-order valence-electron chi connectivity index (χ4n) is 1.46. The number of nitrogens with zero attached hydrogens (tertiary/aromatic N) is 3. The molecular formula is C10H17BrN4. The van der Waals surface area contributed by atoms with E-state index in [1.54, 1.807) is 0 Å². The number of aromatic nitrogens is 2. The molecule has 0 atom stereocenters. The number of nitrogens with two attached hydrogens (primary N) is 1. The Morgan fingerprint density at radius 3 is 2.40 bits per heavy atom. The topological polar surface area (TPSA) is 55.0 Å². The standard InChI is InChI=1S/C10H17BrN4/c1-3-5-15(6-4-2)10-8(11)9(12)13-7-14-10/h7H,3-6H2,1-2H3,(H2,12,13,14). The molecule has 1 aromatic rings. The van der Waals surface area contributed by atoms with Crippen molar-refractivity contribution in [2.75, 3.05) is 23.7 Å². The highest BCUT2D eigenvalue weighted by Crippen LogP contribution is 2.27. The highest BCUT2D eigenvalue weighted by atomic mass is 79.9. The molecule has 1 aromatic heterocycles. The highest BCUT2D eigenvalue weighted by molar-refractivity contribution is 9.10. The van der Waals surface area contributed by atoms with Gasteiger partial charge < -0.3 is 10.6 Å². The minimum Gasteiger partial charge on any atom is -0.383 e. The van der Waals surface area contributed by atoms with Gasteiger partial charge in [0.1, 0.15) is 22.4 Å².